The number of hydrogen-bond acceptors (Lipinski definition) is 8. The molecule has 1 aliphatic rings. The first-order valence-electron chi connectivity index (χ1n) is 7.79. The van der Waals surface area contributed by atoms with Crippen LogP contribution in [0.1, 0.15) is 12.0 Å². The van der Waals surface area contributed by atoms with E-state index in [9.17, 15) is 26.4 Å². The van der Waals surface area contributed by atoms with Crippen LogP contribution in [0, 0.1) is 0 Å². The number of anilines is 1. The number of aromatic nitrogens is 2. The van der Waals surface area contributed by atoms with Gasteiger partial charge in [-0.15, -0.1) is 0 Å². The number of sulfone groups is 1. The Labute approximate surface area is 167 Å². The molecule has 0 aliphatic carbocycles. The summed E-state index contributed by atoms with van der Waals surface area (Å²) in [5.74, 6) is -0.729. The van der Waals surface area contributed by atoms with Gasteiger partial charge in [-0.1, -0.05) is 12.1 Å². The van der Waals surface area contributed by atoms with Crippen molar-refractivity contribution in [1.82, 2.24) is 9.36 Å². The van der Waals surface area contributed by atoms with Gasteiger partial charge in [0.1, 0.15) is 6.04 Å². The van der Waals surface area contributed by atoms with Crippen LogP contribution < -0.4 is 4.90 Å². The highest BCUT2D eigenvalue weighted by atomic mass is 35.5. The molecule has 1 fully saturated rings. The normalized spacial score (nSPS) is 20.4. The summed E-state index contributed by atoms with van der Waals surface area (Å²) in [5, 5.41) is -1.18. The number of nitrogens with zero attached hydrogens (tertiary/aromatic N) is 3. The third kappa shape index (κ3) is 3.80. The molecule has 0 saturated carbocycles. The van der Waals surface area contributed by atoms with E-state index in [0.717, 1.165) is 30.8 Å². The van der Waals surface area contributed by atoms with Gasteiger partial charge < -0.3 is 9.64 Å². The fraction of sp³-hybridized carbons (Fsp3) is 0.400. The van der Waals surface area contributed by atoms with E-state index in [1.165, 1.54) is 11.0 Å². The van der Waals surface area contributed by atoms with Gasteiger partial charge in [0.25, 0.3) is 0 Å². The topological polar surface area (TPSA) is 89.5 Å². The minimum absolute atomic E-state index is 0.0858. The molecule has 1 aliphatic heterocycles. The Morgan fingerprint density at radius 2 is 2.04 bits per heavy atom. The van der Waals surface area contributed by atoms with E-state index in [1.807, 2.05) is 0 Å². The van der Waals surface area contributed by atoms with E-state index in [4.69, 9.17) is 16.3 Å². The van der Waals surface area contributed by atoms with Gasteiger partial charge in [0.05, 0.1) is 22.8 Å². The predicted octanol–water partition coefficient (Wildman–Crippen LogP) is 2.80. The Bertz CT molecular complexity index is 996. The highest BCUT2D eigenvalue weighted by molar-refractivity contribution is 7.92. The third-order valence-electron chi connectivity index (χ3n) is 4.31. The van der Waals surface area contributed by atoms with Crippen molar-refractivity contribution in [1.29, 1.82) is 0 Å². The lowest BCUT2D eigenvalue weighted by Crippen LogP contribution is -2.37. The molecule has 0 bridgehead atoms. The fourth-order valence-electron chi connectivity index (χ4n) is 3.04. The molecule has 0 unspecified atom stereocenters. The standard InChI is InChI=1S/C15H13ClF3N3O4S2/c1-26-12(23)10-6-8(7-22(10)14-20-13(16)21-27-14)28(24,25)11-5-3-2-4-9(11)15(17,18)19/h2-5,8,10H,6-7H2,1H3/t8-,10+/m1/s1. The first-order chi connectivity index (χ1) is 13.1. The quantitative estimate of drug-likeness (QED) is 0.655. The molecule has 2 heterocycles. The lowest BCUT2D eigenvalue weighted by atomic mass is 10.2. The first kappa shape index (κ1) is 20.8. The third-order valence-corrected chi connectivity index (χ3v) is 7.52. The highest BCUT2D eigenvalue weighted by Crippen LogP contribution is 2.38. The van der Waals surface area contributed by atoms with Crippen LogP contribution in [0.15, 0.2) is 29.2 Å². The lowest BCUT2D eigenvalue weighted by Gasteiger charge is -2.20. The van der Waals surface area contributed by atoms with Gasteiger partial charge >= 0.3 is 12.1 Å². The SMILES string of the molecule is COC(=O)[C@@H]1C[C@@H](S(=O)(=O)c2ccccc2C(F)(F)F)CN1c1nc(Cl)ns1. The molecular weight excluding hydrogens is 443 g/mol. The van der Waals surface area contributed by atoms with Gasteiger partial charge in [-0.2, -0.15) is 22.5 Å². The van der Waals surface area contributed by atoms with E-state index >= 15 is 0 Å². The Morgan fingerprint density at radius 1 is 1.36 bits per heavy atom. The van der Waals surface area contributed by atoms with Crippen LogP contribution in [0.4, 0.5) is 18.3 Å². The second-order valence-electron chi connectivity index (χ2n) is 5.93. The Balaban J connectivity index is 2.01. The van der Waals surface area contributed by atoms with E-state index in [2.05, 4.69) is 9.36 Å². The van der Waals surface area contributed by atoms with Gasteiger partial charge in [0.15, 0.2) is 9.84 Å². The Hall–Kier alpha value is -1.92. The zero-order valence-corrected chi connectivity index (χ0v) is 16.6. The van der Waals surface area contributed by atoms with Crippen LogP contribution in [0.25, 0.3) is 0 Å². The van der Waals surface area contributed by atoms with Crippen LogP contribution in [-0.2, 0) is 25.5 Å². The zero-order valence-electron chi connectivity index (χ0n) is 14.2. The average Bonchev–Trinajstić information content (AvgIpc) is 3.27. The molecule has 0 spiro atoms. The summed E-state index contributed by atoms with van der Waals surface area (Å²) < 4.78 is 74.4. The van der Waals surface area contributed by atoms with Crippen LogP contribution in [-0.4, -0.2) is 48.7 Å². The second-order valence-corrected chi connectivity index (χ2v) is 9.20. The van der Waals surface area contributed by atoms with Crippen LogP contribution in [0.5, 0.6) is 0 Å². The highest BCUT2D eigenvalue weighted by Gasteiger charge is 2.47. The van der Waals surface area contributed by atoms with Gasteiger partial charge in [0.2, 0.25) is 10.4 Å². The van der Waals surface area contributed by atoms with Gasteiger partial charge in [0, 0.05) is 18.1 Å². The maximum atomic E-state index is 13.3. The molecule has 1 aromatic heterocycles. The van der Waals surface area contributed by atoms with Crippen molar-refractivity contribution < 1.29 is 31.1 Å². The minimum atomic E-state index is -4.84. The molecule has 0 N–H and O–H groups in total. The molecule has 1 saturated heterocycles. The molecule has 13 heteroatoms. The second kappa shape index (κ2) is 7.48. The molecule has 0 amide bonds. The Kier molecular flexibility index (Phi) is 5.56. The smallest absolute Gasteiger partial charge is 0.417 e. The van der Waals surface area contributed by atoms with Crippen molar-refractivity contribution in [2.45, 2.75) is 28.8 Å². The number of carbonyl (C=O) groups is 1. The van der Waals surface area contributed by atoms with Crippen molar-refractivity contribution in [2.75, 3.05) is 18.6 Å². The number of methoxy groups -OCH3 is 1. The summed E-state index contributed by atoms with van der Waals surface area (Å²) in [5.41, 5.74) is -1.25. The zero-order chi connectivity index (χ0) is 20.7. The van der Waals surface area contributed by atoms with Crippen LogP contribution in [0.3, 0.4) is 0 Å². The van der Waals surface area contributed by atoms with Gasteiger partial charge in [-0.3, -0.25) is 0 Å². The Morgan fingerprint density at radius 3 is 2.61 bits per heavy atom. The molecule has 2 atom stereocenters. The van der Waals surface area contributed by atoms with E-state index < -0.39 is 43.7 Å². The number of esters is 1. The lowest BCUT2D eigenvalue weighted by molar-refractivity contribution is -0.142. The predicted molar refractivity (Wildman–Crippen MR) is 95.1 cm³/mol. The van der Waals surface area contributed by atoms with E-state index in [1.54, 1.807) is 0 Å². The van der Waals surface area contributed by atoms with Gasteiger partial charge in [-0.05, 0) is 30.2 Å². The largest absolute Gasteiger partial charge is 0.467 e. The molecule has 2 aromatic rings. The maximum absolute atomic E-state index is 13.3. The van der Waals surface area contributed by atoms with Crippen molar-refractivity contribution in [2.24, 2.45) is 0 Å². The molecule has 0 radical (unpaired) electrons. The summed E-state index contributed by atoms with van der Waals surface area (Å²) >= 11 is 6.54. The van der Waals surface area contributed by atoms with Gasteiger partial charge in [-0.25, -0.2) is 13.2 Å². The maximum Gasteiger partial charge on any atom is 0.417 e. The number of rotatable bonds is 4. The van der Waals surface area contributed by atoms with Crippen molar-refractivity contribution in [3.8, 4) is 0 Å². The van der Waals surface area contributed by atoms with E-state index in [-0.39, 0.29) is 23.4 Å². The summed E-state index contributed by atoms with van der Waals surface area (Å²) in [7, 11) is -3.27. The molecule has 28 heavy (non-hydrogen) atoms. The fourth-order valence-corrected chi connectivity index (χ4v) is 5.81. The van der Waals surface area contributed by atoms with Crippen molar-refractivity contribution in [3.63, 3.8) is 0 Å². The van der Waals surface area contributed by atoms with Crippen molar-refractivity contribution >= 4 is 44.1 Å². The minimum Gasteiger partial charge on any atom is -0.467 e. The molecule has 152 valence electrons. The van der Waals surface area contributed by atoms with Crippen LogP contribution >= 0.6 is 23.1 Å². The number of benzene rings is 1. The summed E-state index contributed by atoms with van der Waals surface area (Å²) in [4.78, 5) is 16.6. The molecule has 3 rings (SSSR count). The number of carbonyl (C=O) groups excluding carboxylic acids is 1. The van der Waals surface area contributed by atoms with Crippen LogP contribution in [0.2, 0.25) is 5.28 Å². The first-order valence-corrected chi connectivity index (χ1v) is 10.5. The summed E-state index contributed by atoms with van der Waals surface area (Å²) in [6, 6.07) is 2.92. The average molecular weight is 456 g/mol. The summed E-state index contributed by atoms with van der Waals surface area (Å²) in [6.45, 7) is -0.250. The molecular formula is C15H13ClF3N3O4S2. The monoisotopic (exact) mass is 455 g/mol. The van der Waals surface area contributed by atoms with Crippen molar-refractivity contribution in [3.05, 3.63) is 35.1 Å². The van der Waals surface area contributed by atoms with E-state index in [0.29, 0.717) is 6.07 Å². The number of alkyl halides is 3. The summed E-state index contributed by atoms with van der Waals surface area (Å²) in [6.07, 6.45) is -5.09. The number of ether oxygens (including phenoxy) is 1. The number of hydrogen-bond donors (Lipinski definition) is 0. The molecule has 7 nitrogen and oxygen atoms in total. The number of halogens is 4. The molecule has 1 aromatic carbocycles.